The molecule has 1 aromatic rings. The minimum atomic E-state index is -1.10. The molecule has 1 aromatic carbocycles. The highest BCUT2D eigenvalue weighted by atomic mass is 16.5. The number of amides is 3. The molecular weight excluding hydrogens is 312 g/mol. The third-order valence-corrected chi connectivity index (χ3v) is 3.75. The Kier molecular flexibility index (Phi) is 5.68. The van der Waals surface area contributed by atoms with E-state index in [1.807, 2.05) is 6.92 Å². The van der Waals surface area contributed by atoms with Gasteiger partial charge in [0.2, 0.25) is 0 Å². The molecule has 0 fully saturated rings. The molecule has 1 atom stereocenters. The first kappa shape index (κ1) is 17.7. The van der Waals surface area contributed by atoms with Crippen LogP contribution in [0.4, 0.5) is 0 Å². The molecule has 0 saturated carbocycles. The van der Waals surface area contributed by atoms with Gasteiger partial charge in [-0.2, -0.15) is 0 Å². The van der Waals surface area contributed by atoms with Crippen LogP contribution in [0.2, 0.25) is 0 Å². The minimum Gasteiger partial charge on any atom is -0.454 e. The summed E-state index contributed by atoms with van der Waals surface area (Å²) in [6, 6.07) is 5.28. The summed E-state index contributed by atoms with van der Waals surface area (Å²) in [5, 5.41) is 2.62. The molecule has 0 aliphatic carbocycles. The van der Waals surface area contributed by atoms with Crippen molar-refractivity contribution in [3.8, 4) is 0 Å². The zero-order chi connectivity index (χ0) is 17.7. The van der Waals surface area contributed by atoms with Gasteiger partial charge in [-0.15, -0.1) is 0 Å². The molecule has 0 radical (unpaired) electrons. The molecule has 24 heavy (non-hydrogen) atoms. The van der Waals surface area contributed by atoms with Crippen LogP contribution in [0.5, 0.6) is 0 Å². The number of fused-ring (bicyclic) bond motifs is 1. The van der Waals surface area contributed by atoms with Crippen molar-refractivity contribution in [2.75, 3.05) is 13.2 Å². The van der Waals surface area contributed by atoms with Crippen LogP contribution < -0.4 is 5.32 Å². The normalized spacial score (nSPS) is 14.3. The minimum absolute atomic E-state index is 0.263. The first-order chi connectivity index (χ1) is 11.5. The molecule has 2 rings (SSSR count). The van der Waals surface area contributed by atoms with E-state index >= 15 is 0 Å². The lowest BCUT2D eigenvalue weighted by atomic mass is 10.1. The summed E-state index contributed by atoms with van der Waals surface area (Å²) in [7, 11) is 0. The number of carbonyl (C=O) groups excluding carboxylic acids is 4. The average molecular weight is 332 g/mol. The SMILES string of the molecule is CCCCNC(=O)COC(=O)[C@@H](C)N1C(=O)c2ccccc2C1=O. The average Bonchev–Trinajstić information content (AvgIpc) is 2.84. The number of nitrogens with one attached hydrogen (secondary N) is 1. The van der Waals surface area contributed by atoms with Crippen LogP contribution in [0.15, 0.2) is 24.3 Å². The topological polar surface area (TPSA) is 92.8 Å². The van der Waals surface area contributed by atoms with E-state index in [0.29, 0.717) is 6.54 Å². The quantitative estimate of drug-likeness (QED) is 0.459. The van der Waals surface area contributed by atoms with Crippen molar-refractivity contribution in [2.45, 2.75) is 32.7 Å². The highest BCUT2D eigenvalue weighted by Crippen LogP contribution is 2.24. The number of hydrogen-bond donors (Lipinski definition) is 1. The van der Waals surface area contributed by atoms with Gasteiger partial charge in [0, 0.05) is 6.54 Å². The van der Waals surface area contributed by atoms with Crippen molar-refractivity contribution >= 4 is 23.7 Å². The Morgan fingerprint density at radius 1 is 1.17 bits per heavy atom. The van der Waals surface area contributed by atoms with Crippen LogP contribution in [-0.2, 0) is 14.3 Å². The van der Waals surface area contributed by atoms with Crippen LogP contribution in [0.3, 0.4) is 0 Å². The number of benzene rings is 1. The lowest BCUT2D eigenvalue weighted by Crippen LogP contribution is -2.44. The summed E-state index contributed by atoms with van der Waals surface area (Å²) in [6.45, 7) is 3.48. The monoisotopic (exact) mass is 332 g/mol. The molecule has 0 aromatic heterocycles. The predicted octanol–water partition coefficient (Wildman–Crippen LogP) is 1.13. The van der Waals surface area contributed by atoms with Crippen molar-refractivity contribution < 1.29 is 23.9 Å². The van der Waals surface area contributed by atoms with Gasteiger partial charge in [0.05, 0.1) is 11.1 Å². The standard InChI is InChI=1S/C17H20N2O5/c1-3-4-9-18-14(20)10-24-17(23)11(2)19-15(21)12-7-5-6-8-13(12)16(19)22/h5-8,11H,3-4,9-10H2,1-2H3,(H,18,20)/t11-/m1/s1. The molecule has 0 bridgehead atoms. The van der Waals surface area contributed by atoms with Gasteiger partial charge in [-0.25, -0.2) is 4.79 Å². The van der Waals surface area contributed by atoms with E-state index in [4.69, 9.17) is 4.74 Å². The summed E-state index contributed by atoms with van der Waals surface area (Å²) in [6.07, 6.45) is 1.78. The van der Waals surface area contributed by atoms with Gasteiger partial charge in [-0.3, -0.25) is 19.3 Å². The maximum atomic E-state index is 12.3. The van der Waals surface area contributed by atoms with Gasteiger partial charge in [0.1, 0.15) is 6.04 Å². The van der Waals surface area contributed by atoms with Crippen molar-refractivity contribution in [3.05, 3.63) is 35.4 Å². The first-order valence-electron chi connectivity index (χ1n) is 7.87. The molecule has 3 amide bonds. The van der Waals surface area contributed by atoms with Crippen molar-refractivity contribution in [3.63, 3.8) is 0 Å². The molecule has 7 heteroatoms. The van der Waals surface area contributed by atoms with E-state index in [-0.39, 0.29) is 11.1 Å². The number of carbonyl (C=O) groups is 4. The Balaban J connectivity index is 1.93. The van der Waals surface area contributed by atoms with E-state index in [0.717, 1.165) is 17.7 Å². The van der Waals surface area contributed by atoms with Crippen LogP contribution in [0.1, 0.15) is 47.4 Å². The van der Waals surface area contributed by atoms with Crippen molar-refractivity contribution in [1.29, 1.82) is 0 Å². The number of hydrogen-bond acceptors (Lipinski definition) is 5. The highest BCUT2D eigenvalue weighted by Gasteiger charge is 2.41. The van der Waals surface area contributed by atoms with Gasteiger partial charge < -0.3 is 10.1 Å². The van der Waals surface area contributed by atoms with Gasteiger partial charge in [-0.05, 0) is 25.5 Å². The van der Waals surface area contributed by atoms with Gasteiger partial charge >= 0.3 is 5.97 Å². The fourth-order valence-corrected chi connectivity index (χ4v) is 2.38. The van der Waals surface area contributed by atoms with E-state index in [1.54, 1.807) is 12.1 Å². The number of imide groups is 1. The largest absolute Gasteiger partial charge is 0.454 e. The Hall–Kier alpha value is -2.70. The first-order valence-corrected chi connectivity index (χ1v) is 7.87. The third-order valence-electron chi connectivity index (χ3n) is 3.75. The molecule has 1 aliphatic heterocycles. The Morgan fingerprint density at radius 2 is 1.75 bits per heavy atom. The lowest BCUT2D eigenvalue weighted by molar-refractivity contribution is -0.151. The molecule has 0 spiro atoms. The molecule has 1 N–H and O–H groups in total. The Bertz CT molecular complexity index is 636. The number of unbranched alkanes of at least 4 members (excludes halogenated alkanes) is 1. The smallest absolute Gasteiger partial charge is 0.329 e. The zero-order valence-electron chi connectivity index (χ0n) is 13.7. The maximum absolute atomic E-state index is 12.3. The second-order valence-corrected chi connectivity index (χ2v) is 5.51. The highest BCUT2D eigenvalue weighted by molar-refractivity contribution is 6.22. The number of nitrogens with zero attached hydrogens (tertiary/aromatic N) is 1. The van der Waals surface area contributed by atoms with Crippen LogP contribution in [0.25, 0.3) is 0 Å². The number of esters is 1. The fourth-order valence-electron chi connectivity index (χ4n) is 2.38. The third kappa shape index (κ3) is 3.61. The fraction of sp³-hybridized carbons (Fsp3) is 0.412. The Labute approximate surface area is 140 Å². The van der Waals surface area contributed by atoms with Crippen LogP contribution in [-0.4, -0.2) is 47.8 Å². The second-order valence-electron chi connectivity index (χ2n) is 5.51. The molecule has 1 aliphatic rings. The second kappa shape index (κ2) is 7.72. The Morgan fingerprint density at radius 3 is 2.29 bits per heavy atom. The molecule has 0 saturated heterocycles. The molecule has 1 heterocycles. The summed E-state index contributed by atoms with van der Waals surface area (Å²) >= 11 is 0. The van der Waals surface area contributed by atoms with Crippen molar-refractivity contribution in [2.24, 2.45) is 0 Å². The van der Waals surface area contributed by atoms with Crippen LogP contribution >= 0.6 is 0 Å². The van der Waals surface area contributed by atoms with E-state index in [2.05, 4.69) is 5.32 Å². The van der Waals surface area contributed by atoms with E-state index in [1.165, 1.54) is 19.1 Å². The van der Waals surface area contributed by atoms with Crippen molar-refractivity contribution in [1.82, 2.24) is 10.2 Å². The molecule has 0 unspecified atom stereocenters. The van der Waals surface area contributed by atoms with Gasteiger partial charge in [0.25, 0.3) is 17.7 Å². The lowest BCUT2D eigenvalue weighted by Gasteiger charge is -2.20. The van der Waals surface area contributed by atoms with Gasteiger partial charge in [0.15, 0.2) is 6.61 Å². The number of ether oxygens (including phenoxy) is 1. The molecular formula is C17H20N2O5. The molecule has 7 nitrogen and oxygen atoms in total. The van der Waals surface area contributed by atoms with E-state index in [9.17, 15) is 19.2 Å². The number of rotatable bonds is 7. The van der Waals surface area contributed by atoms with E-state index < -0.39 is 36.3 Å². The molecule has 128 valence electrons. The summed E-state index contributed by atoms with van der Waals surface area (Å²) < 4.78 is 4.91. The maximum Gasteiger partial charge on any atom is 0.329 e. The summed E-state index contributed by atoms with van der Waals surface area (Å²) in [5.41, 5.74) is 0.527. The zero-order valence-corrected chi connectivity index (χ0v) is 13.7. The van der Waals surface area contributed by atoms with Crippen LogP contribution in [0, 0.1) is 0 Å². The summed E-state index contributed by atoms with van der Waals surface area (Å²) in [4.78, 5) is 49.0. The summed E-state index contributed by atoms with van der Waals surface area (Å²) in [5.74, 6) is -2.28. The predicted molar refractivity (Wildman–Crippen MR) is 85.3 cm³/mol. The van der Waals surface area contributed by atoms with Gasteiger partial charge in [-0.1, -0.05) is 25.5 Å².